The summed E-state index contributed by atoms with van der Waals surface area (Å²) in [6.45, 7) is 7.21. The van der Waals surface area contributed by atoms with Crippen LogP contribution in [-0.4, -0.2) is 54.8 Å². The number of aromatic nitrogens is 2. The minimum Gasteiger partial charge on any atom is -0.383 e. The maximum Gasteiger partial charge on any atom is 0.159 e. The molecular weight excluding hydrogens is 314 g/mol. The third-order valence-electron chi connectivity index (χ3n) is 5.42. The summed E-state index contributed by atoms with van der Waals surface area (Å²) in [5, 5.41) is 0. The third-order valence-corrected chi connectivity index (χ3v) is 5.42. The first-order valence-corrected chi connectivity index (χ1v) is 8.94. The molecular formula is C20H25N3O2. The van der Waals surface area contributed by atoms with Gasteiger partial charge in [-0.05, 0) is 19.9 Å². The largest absolute Gasteiger partial charge is 0.383 e. The van der Waals surface area contributed by atoms with Gasteiger partial charge >= 0.3 is 0 Å². The number of hydrogen-bond acceptors (Lipinski definition) is 5. The molecule has 25 heavy (non-hydrogen) atoms. The number of benzene rings is 1. The average molecular weight is 339 g/mol. The fourth-order valence-corrected chi connectivity index (χ4v) is 4.02. The van der Waals surface area contributed by atoms with Crippen molar-refractivity contribution in [1.29, 1.82) is 0 Å². The molecule has 4 rings (SSSR count). The summed E-state index contributed by atoms with van der Waals surface area (Å²) < 4.78 is 11.2. The molecule has 2 aliphatic heterocycles. The number of rotatable bonds is 4. The van der Waals surface area contributed by atoms with Crippen LogP contribution in [0.15, 0.2) is 30.3 Å². The van der Waals surface area contributed by atoms with Crippen molar-refractivity contribution >= 4 is 0 Å². The average Bonchev–Trinajstić information content (AvgIpc) is 3.05. The highest BCUT2D eigenvalue weighted by atomic mass is 16.5. The van der Waals surface area contributed by atoms with E-state index in [1.54, 1.807) is 7.11 Å². The Kier molecular flexibility index (Phi) is 4.54. The Morgan fingerprint density at radius 3 is 2.88 bits per heavy atom. The zero-order chi connectivity index (χ0) is 17.3. The monoisotopic (exact) mass is 339 g/mol. The Hall–Kier alpha value is -1.82. The number of hydrogen-bond donors (Lipinski definition) is 0. The molecule has 3 heterocycles. The SMILES string of the molecule is COCCN1CCC2(COCc3c(C)nc(-c4ccccc4)nc32)C1. The number of likely N-dealkylation sites (tertiary alicyclic amines) is 1. The molecule has 0 N–H and O–H groups in total. The van der Waals surface area contributed by atoms with Crippen molar-refractivity contribution < 1.29 is 9.47 Å². The lowest BCUT2D eigenvalue weighted by Gasteiger charge is -2.35. The van der Waals surface area contributed by atoms with E-state index < -0.39 is 0 Å². The molecule has 1 aromatic heterocycles. The van der Waals surface area contributed by atoms with E-state index in [0.717, 1.165) is 56.4 Å². The lowest BCUT2D eigenvalue weighted by Crippen LogP contribution is -2.41. The molecule has 132 valence electrons. The minimum atomic E-state index is -0.0153. The highest BCUT2D eigenvalue weighted by Crippen LogP contribution is 2.40. The fourth-order valence-electron chi connectivity index (χ4n) is 4.02. The molecule has 0 amide bonds. The highest BCUT2D eigenvalue weighted by molar-refractivity contribution is 5.56. The zero-order valence-electron chi connectivity index (χ0n) is 15.0. The van der Waals surface area contributed by atoms with Crippen molar-refractivity contribution in [2.45, 2.75) is 25.4 Å². The van der Waals surface area contributed by atoms with Gasteiger partial charge in [-0.15, -0.1) is 0 Å². The van der Waals surface area contributed by atoms with Gasteiger partial charge in [-0.3, -0.25) is 4.90 Å². The van der Waals surface area contributed by atoms with Crippen LogP contribution in [0.25, 0.3) is 11.4 Å². The van der Waals surface area contributed by atoms with Crippen LogP contribution in [0.3, 0.4) is 0 Å². The lowest BCUT2D eigenvalue weighted by atomic mass is 9.80. The minimum absolute atomic E-state index is 0.0153. The van der Waals surface area contributed by atoms with E-state index in [1.165, 1.54) is 11.3 Å². The van der Waals surface area contributed by atoms with Gasteiger partial charge in [-0.1, -0.05) is 30.3 Å². The standard InChI is InChI=1S/C20H25N3O2/c1-15-17-12-25-14-20(8-9-23(13-20)10-11-24-2)18(17)22-19(21-15)16-6-4-3-5-7-16/h3-7H,8-14H2,1-2H3. The second-order valence-corrected chi connectivity index (χ2v) is 7.12. The van der Waals surface area contributed by atoms with Gasteiger partial charge in [0.25, 0.3) is 0 Å². The number of fused-ring (bicyclic) bond motifs is 2. The Labute approximate surface area is 149 Å². The van der Waals surface area contributed by atoms with Gasteiger partial charge in [0.2, 0.25) is 0 Å². The van der Waals surface area contributed by atoms with E-state index in [9.17, 15) is 0 Å². The smallest absolute Gasteiger partial charge is 0.159 e. The third kappa shape index (κ3) is 3.08. The molecule has 1 aromatic carbocycles. The number of aryl methyl sites for hydroxylation is 1. The predicted octanol–water partition coefficient (Wildman–Crippen LogP) is 2.57. The van der Waals surface area contributed by atoms with Crippen LogP contribution < -0.4 is 0 Å². The zero-order valence-corrected chi connectivity index (χ0v) is 15.0. The van der Waals surface area contributed by atoms with E-state index in [2.05, 4.69) is 24.0 Å². The van der Waals surface area contributed by atoms with Crippen molar-refractivity contribution in [3.05, 3.63) is 47.3 Å². The number of nitrogens with zero attached hydrogens (tertiary/aromatic N) is 3. The van der Waals surface area contributed by atoms with E-state index in [4.69, 9.17) is 19.4 Å². The van der Waals surface area contributed by atoms with Crippen LogP contribution in [0.5, 0.6) is 0 Å². The molecule has 1 unspecified atom stereocenters. The van der Waals surface area contributed by atoms with Gasteiger partial charge in [0, 0.05) is 37.0 Å². The summed E-state index contributed by atoms with van der Waals surface area (Å²) in [7, 11) is 1.76. The quantitative estimate of drug-likeness (QED) is 0.857. The van der Waals surface area contributed by atoms with Crippen LogP contribution in [0.4, 0.5) is 0 Å². The van der Waals surface area contributed by atoms with Crippen molar-refractivity contribution in [1.82, 2.24) is 14.9 Å². The summed E-state index contributed by atoms with van der Waals surface area (Å²) in [6, 6.07) is 10.2. The van der Waals surface area contributed by atoms with Crippen LogP contribution in [0.1, 0.15) is 23.4 Å². The number of ether oxygens (including phenoxy) is 2. The predicted molar refractivity (Wildman–Crippen MR) is 96.5 cm³/mol. The number of methoxy groups -OCH3 is 1. The second kappa shape index (κ2) is 6.83. The maximum absolute atomic E-state index is 5.98. The van der Waals surface area contributed by atoms with E-state index in [1.807, 2.05) is 18.2 Å². The molecule has 2 aromatic rings. The van der Waals surface area contributed by atoms with Gasteiger partial charge in [0.05, 0.1) is 30.9 Å². The maximum atomic E-state index is 5.98. The first kappa shape index (κ1) is 16.6. The first-order chi connectivity index (χ1) is 12.2. The molecule has 5 nitrogen and oxygen atoms in total. The second-order valence-electron chi connectivity index (χ2n) is 7.12. The van der Waals surface area contributed by atoms with E-state index in [0.29, 0.717) is 6.61 Å². The molecule has 0 saturated carbocycles. The molecule has 0 radical (unpaired) electrons. The Morgan fingerprint density at radius 2 is 2.08 bits per heavy atom. The van der Waals surface area contributed by atoms with Gasteiger partial charge in [-0.25, -0.2) is 9.97 Å². The summed E-state index contributed by atoms with van der Waals surface area (Å²) in [6.07, 6.45) is 1.08. The van der Waals surface area contributed by atoms with Gasteiger partial charge in [-0.2, -0.15) is 0 Å². The molecule has 1 fully saturated rings. The normalized spacial score (nSPS) is 23.1. The van der Waals surface area contributed by atoms with Crippen molar-refractivity contribution in [2.24, 2.45) is 0 Å². The molecule has 5 heteroatoms. The lowest BCUT2D eigenvalue weighted by molar-refractivity contribution is 0.0488. The van der Waals surface area contributed by atoms with Gasteiger partial charge < -0.3 is 9.47 Å². The molecule has 1 saturated heterocycles. The van der Waals surface area contributed by atoms with Crippen molar-refractivity contribution in [2.75, 3.05) is 40.0 Å². The fraction of sp³-hybridized carbons (Fsp3) is 0.500. The van der Waals surface area contributed by atoms with E-state index in [-0.39, 0.29) is 5.41 Å². The van der Waals surface area contributed by atoms with Gasteiger partial charge in [0.1, 0.15) is 0 Å². The topological polar surface area (TPSA) is 47.5 Å². The van der Waals surface area contributed by atoms with Crippen LogP contribution in [0, 0.1) is 6.92 Å². The molecule has 0 bridgehead atoms. The summed E-state index contributed by atoms with van der Waals surface area (Å²) in [4.78, 5) is 12.3. The Morgan fingerprint density at radius 1 is 1.24 bits per heavy atom. The van der Waals surface area contributed by atoms with Gasteiger partial charge in [0.15, 0.2) is 5.82 Å². The summed E-state index contributed by atoms with van der Waals surface area (Å²) in [5.74, 6) is 0.827. The molecule has 1 atom stereocenters. The molecule has 0 aliphatic carbocycles. The molecule has 2 aliphatic rings. The first-order valence-electron chi connectivity index (χ1n) is 8.94. The van der Waals surface area contributed by atoms with Crippen LogP contribution >= 0.6 is 0 Å². The Balaban J connectivity index is 1.72. The summed E-state index contributed by atoms with van der Waals surface area (Å²) in [5.41, 5.74) is 4.48. The Bertz CT molecular complexity index is 750. The van der Waals surface area contributed by atoms with Crippen molar-refractivity contribution in [3.8, 4) is 11.4 Å². The van der Waals surface area contributed by atoms with Crippen LogP contribution in [-0.2, 0) is 21.5 Å². The van der Waals surface area contributed by atoms with E-state index >= 15 is 0 Å². The molecule has 1 spiro atoms. The highest BCUT2D eigenvalue weighted by Gasteiger charge is 2.45. The summed E-state index contributed by atoms with van der Waals surface area (Å²) >= 11 is 0. The van der Waals surface area contributed by atoms with Crippen LogP contribution in [0.2, 0.25) is 0 Å². The van der Waals surface area contributed by atoms with Crippen molar-refractivity contribution in [3.63, 3.8) is 0 Å².